The van der Waals surface area contributed by atoms with Crippen molar-refractivity contribution >= 4 is 0 Å². The molecule has 1 unspecified atom stereocenters. The third-order valence-electron chi connectivity index (χ3n) is 3.43. The lowest BCUT2D eigenvalue weighted by molar-refractivity contribution is 0.296. The second-order valence-corrected chi connectivity index (χ2v) is 4.52. The van der Waals surface area contributed by atoms with E-state index < -0.39 is 0 Å². The van der Waals surface area contributed by atoms with Crippen molar-refractivity contribution in [2.45, 2.75) is 46.6 Å². The van der Waals surface area contributed by atoms with Crippen LogP contribution in [0, 0.1) is 0 Å². The van der Waals surface area contributed by atoms with E-state index in [0.717, 1.165) is 19.6 Å². The smallest absolute Gasteiger partial charge is 0.0233 e. The highest BCUT2D eigenvalue weighted by Gasteiger charge is 2.05. The summed E-state index contributed by atoms with van der Waals surface area (Å²) in [5, 5.41) is 0. The quantitative estimate of drug-likeness (QED) is 0.698. The highest BCUT2D eigenvalue weighted by atomic mass is 15.1. The van der Waals surface area contributed by atoms with Crippen LogP contribution in [0.5, 0.6) is 0 Å². The van der Waals surface area contributed by atoms with Crippen LogP contribution in [-0.4, -0.2) is 18.0 Å². The Morgan fingerprint density at radius 2 is 1.81 bits per heavy atom. The molecule has 1 rings (SSSR count). The summed E-state index contributed by atoms with van der Waals surface area (Å²) in [6, 6.07) is 9.05. The Morgan fingerprint density at radius 1 is 1.12 bits per heavy atom. The molecule has 1 aromatic rings. The lowest BCUT2D eigenvalue weighted by Gasteiger charge is -2.19. The third-order valence-corrected chi connectivity index (χ3v) is 3.43. The van der Waals surface area contributed by atoms with Crippen molar-refractivity contribution in [1.29, 1.82) is 0 Å². The van der Waals surface area contributed by atoms with Crippen LogP contribution < -0.4 is 0 Å². The van der Waals surface area contributed by atoms with E-state index in [2.05, 4.69) is 56.9 Å². The van der Waals surface area contributed by atoms with Crippen LogP contribution in [0.1, 0.15) is 51.2 Å². The Bertz CT molecular complexity index is 302. The summed E-state index contributed by atoms with van der Waals surface area (Å²) in [6.07, 6.45) is 1.22. The Kier molecular flexibility index (Phi) is 5.54. The van der Waals surface area contributed by atoms with E-state index in [9.17, 15) is 0 Å². The van der Waals surface area contributed by atoms with Crippen LogP contribution in [0.15, 0.2) is 24.3 Å². The van der Waals surface area contributed by atoms with Gasteiger partial charge in [0, 0.05) is 6.54 Å². The van der Waals surface area contributed by atoms with Crippen molar-refractivity contribution < 1.29 is 0 Å². The minimum atomic E-state index is 0.677. The number of benzene rings is 1. The molecule has 0 saturated carbocycles. The first-order valence-electron chi connectivity index (χ1n) is 6.52. The van der Waals surface area contributed by atoms with Gasteiger partial charge < -0.3 is 0 Å². The topological polar surface area (TPSA) is 3.24 Å². The molecule has 0 bridgehead atoms. The van der Waals surface area contributed by atoms with Gasteiger partial charge in [-0.05, 0) is 36.6 Å². The van der Waals surface area contributed by atoms with E-state index in [1.54, 1.807) is 0 Å². The van der Waals surface area contributed by atoms with Crippen molar-refractivity contribution in [3.8, 4) is 0 Å². The van der Waals surface area contributed by atoms with E-state index in [-0.39, 0.29) is 0 Å². The van der Waals surface area contributed by atoms with Gasteiger partial charge in [-0.15, -0.1) is 0 Å². The van der Waals surface area contributed by atoms with E-state index in [0.29, 0.717) is 5.92 Å². The molecule has 1 heteroatoms. The molecule has 0 radical (unpaired) electrons. The Balaban J connectivity index is 2.74. The van der Waals surface area contributed by atoms with Crippen molar-refractivity contribution in [2.24, 2.45) is 0 Å². The van der Waals surface area contributed by atoms with Crippen LogP contribution in [0.25, 0.3) is 0 Å². The molecular formula is C15H25N. The summed E-state index contributed by atoms with van der Waals surface area (Å²) in [6.45, 7) is 12.3. The molecule has 90 valence electrons. The largest absolute Gasteiger partial charge is 0.300 e. The van der Waals surface area contributed by atoms with Crippen molar-refractivity contribution in [3.05, 3.63) is 35.4 Å². The Morgan fingerprint density at radius 3 is 2.38 bits per heavy atom. The van der Waals surface area contributed by atoms with Gasteiger partial charge in [0.1, 0.15) is 0 Å². The minimum Gasteiger partial charge on any atom is -0.300 e. The molecule has 0 aromatic heterocycles. The maximum atomic E-state index is 2.45. The number of hydrogen-bond acceptors (Lipinski definition) is 1. The highest BCUT2D eigenvalue weighted by Crippen LogP contribution is 2.20. The molecule has 1 atom stereocenters. The van der Waals surface area contributed by atoms with E-state index in [4.69, 9.17) is 0 Å². The van der Waals surface area contributed by atoms with Gasteiger partial charge in [-0.2, -0.15) is 0 Å². The Hall–Kier alpha value is -0.820. The number of rotatable bonds is 6. The fraction of sp³-hybridized carbons (Fsp3) is 0.600. The fourth-order valence-electron chi connectivity index (χ4n) is 1.94. The molecule has 0 amide bonds. The standard InChI is InChI=1S/C15H25N/c1-5-13(4)15-10-8-9-14(11-15)12-16(6-2)7-3/h8-11,13H,5-7,12H2,1-4H3. The summed E-state index contributed by atoms with van der Waals surface area (Å²) in [4.78, 5) is 2.45. The van der Waals surface area contributed by atoms with E-state index in [1.807, 2.05) is 0 Å². The molecule has 16 heavy (non-hydrogen) atoms. The van der Waals surface area contributed by atoms with Gasteiger partial charge in [0.15, 0.2) is 0 Å². The first-order valence-corrected chi connectivity index (χ1v) is 6.52. The molecule has 0 saturated heterocycles. The predicted octanol–water partition coefficient (Wildman–Crippen LogP) is 4.04. The molecule has 0 fully saturated rings. The molecule has 0 aliphatic heterocycles. The number of hydrogen-bond donors (Lipinski definition) is 0. The molecule has 0 spiro atoms. The van der Waals surface area contributed by atoms with Gasteiger partial charge in [-0.1, -0.05) is 52.0 Å². The van der Waals surface area contributed by atoms with Crippen LogP contribution >= 0.6 is 0 Å². The van der Waals surface area contributed by atoms with Crippen LogP contribution in [-0.2, 0) is 6.54 Å². The van der Waals surface area contributed by atoms with E-state index >= 15 is 0 Å². The van der Waals surface area contributed by atoms with Crippen LogP contribution in [0.4, 0.5) is 0 Å². The maximum Gasteiger partial charge on any atom is 0.0233 e. The molecule has 1 aromatic carbocycles. The van der Waals surface area contributed by atoms with Crippen molar-refractivity contribution in [1.82, 2.24) is 4.90 Å². The average molecular weight is 219 g/mol. The second-order valence-electron chi connectivity index (χ2n) is 4.52. The number of nitrogens with zero attached hydrogens (tertiary/aromatic N) is 1. The first-order chi connectivity index (χ1) is 7.71. The molecule has 1 nitrogen and oxygen atoms in total. The minimum absolute atomic E-state index is 0.677. The lowest BCUT2D eigenvalue weighted by Crippen LogP contribution is -2.22. The Labute approximate surface area is 100 Å². The van der Waals surface area contributed by atoms with Gasteiger partial charge >= 0.3 is 0 Å². The van der Waals surface area contributed by atoms with Crippen molar-refractivity contribution in [2.75, 3.05) is 13.1 Å². The summed E-state index contributed by atoms with van der Waals surface area (Å²) >= 11 is 0. The van der Waals surface area contributed by atoms with Crippen LogP contribution in [0.2, 0.25) is 0 Å². The predicted molar refractivity (Wildman–Crippen MR) is 71.8 cm³/mol. The molecule has 0 aliphatic rings. The molecule has 0 aliphatic carbocycles. The van der Waals surface area contributed by atoms with Crippen molar-refractivity contribution in [3.63, 3.8) is 0 Å². The second kappa shape index (κ2) is 6.70. The third kappa shape index (κ3) is 3.64. The summed E-state index contributed by atoms with van der Waals surface area (Å²) < 4.78 is 0. The average Bonchev–Trinajstić information content (AvgIpc) is 2.35. The first kappa shape index (κ1) is 13.2. The zero-order chi connectivity index (χ0) is 12.0. The van der Waals surface area contributed by atoms with Gasteiger partial charge in [0.05, 0.1) is 0 Å². The van der Waals surface area contributed by atoms with Gasteiger partial charge in [0.25, 0.3) is 0 Å². The fourth-order valence-corrected chi connectivity index (χ4v) is 1.94. The SMILES string of the molecule is CCC(C)c1cccc(CN(CC)CC)c1. The van der Waals surface area contributed by atoms with E-state index in [1.165, 1.54) is 17.5 Å². The molecule has 0 N–H and O–H groups in total. The van der Waals surface area contributed by atoms with Gasteiger partial charge in [0.2, 0.25) is 0 Å². The maximum absolute atomic E-state index is 2.45. The lowest BCUT2D eigenvalue weighted by atomic mass is 9.97. The zero-order valence-electron chi connectivity index (χ0n) is 11.2. The monoisotopic (exact) mass is 219 g/mol. The summed E-state index contributed by atoms with van der Waals surface area (Å²) in [5.74, 6) is 0.677. The molecule has 0 heterocycles. The highest BCUT2D eigenvalue weighted by molar-refractivity contribution is 5.26. The zero-order valence-corrected chi connectivity index (χ0v) is 11.2. The van der Waals surface area contributed by atoms with Gasteiger partial charge in [-0.3, -0.25) is 4.90 Å². The normalized spacial score (nSPS) is 13.1. The summed E-state index contributed by atoms with van der Waals surface area (Å²) in [5.41, 5.74) is 2.92. The van der Waals surface area contributed by atoms with Gasteiger partial charge in [-0.25, -0.2) is 0 Å². The molecular weight excluding hydrogens is 194 g/mol. The summed E-state index contributed by atoms with van der Waals surface area (Å²) in [7, 11) is 0. The van der Waals surface area contributed by atoms with Crippen LogP contribution in [0.3, 0.4) is 0 Å².